The van der Waals surface area contributed by atoms with Gasteiger partial charge in [0.1, 0.15) is 6.04 Å². The summed E-state index contributed by atoms with van der Waals surface area (Å²) in [5.41, 5.74) is 1.34. The average Bonchev–Trinajstić information content (AvgIpc) is 2.58. The summed E-state index contributed by atoms with van der Waals surface area (Å²) in [7, 11) is 1.52. The molecule has 6 nitrogen and oxygen atoms in total. The number of nitrogens with zero attached hydrogens (tertiary/aromatic N) is 1. The van der Waals surface area contributed by atoms with E-state index in [-0.39, 0.29) is 18.7 Å². The Kier molecular flexibility index (Phi) is 5.63. The Hall–Kier alpha value is -2.76. The van der Waals surface area contributed by atoms with E-state index in [1.54, 1.807) is 24.3 Å². The Morgan fingerprint density at radius 2 is 2.17 bits per heavy atom. The van der Waals surface area contributed by atoms with Gasteiger partial charge in [-0.25, -0.2) is 0 Å². The predicted molar refractivity (Wildman–Crippen MR) is 88.6 cm³/mol. The highest BCUT2D eigenvalue weighted by Crippen LogP contribution is 2.21. The minimum absolute atomic E-state index is 0.187. The Morgan fingerprint density at radius 3 is 2.79 bits per heavy atom. The number of aryl methyl sites for hydroxylation is 1. The number of aldehydes is 1. The molecule has 1 saturated heterocycles. The van der Waals surface area contributed by atoms with Gasteiger partial charge in [-0.3, -0.25) is 24.5 Å². The standard InChI is InChI=1S/C18H20N2O4/c1-3-4-6-12-7-5-8-13(11-21)16(12)18(24)20(2)14-9-10-15(22)19-17(14)23/h3,5,7-8,11,14H,1,4,6,9-10H2,2H3,(H,19,22,23). The van der Waals surface area contributed by atoms with Gasteiger partial charge in [-0.05, 0) is 24.8 Å². The van der Waals surface area contributed by atoms with E-state index in [1.165, 1.54) is 11.9 Å². The van der Waals surface area contributed by atoms with Crippen LogP contribution in [0.25, 0.3) is 0 Å². The molecule has 0 aliphatic carbocycles. The Labute approximate surface area is 140 Å². The van der Waals surface area contributed by atoms with Crippen LogP contribution < -0.4 is 5.32 Å². The molecule has 1 unspecified atom stereocenters. The van der Waals surface area contributed by atoms with Gasteiger partial charge < -0.3 is 4.90 Å². The molecule has 2 rings (SSSR count). The quantitative estimate of drug-likeness (QED) is 0.487. The second-order valence-corrected chi connectivity index (χ2v) is 5.71. The maximum Gasteiger partial charge on any atom is 0.255 e. The number of amides is 3. The molecule has 0 bridgehead atoms. The van der Waals surface area contributed by atoms with Crippen molar-refractivity contribution < 1.29 is 19.2 Å². The molecule has 126 valence electrons. The summed E-state index contributed by atoms with van der Waals surface area (Å²) in [4.78, 5) is 48.8. The van der Waals surface area contributed by atoms with Crippen LogP contribution in [0.3, 0.4) is 0 Å². The molecular formula is C18H20N2O4. The van der Waals surface area contributed by atoms with Crippen molar-refractivity contribution in [1.82, 2.24) is 10.2 Å². The van der Waals surface area contributed by atoms with Gasteiger partial charge in [-0.1, -0.05) is 24.3 Å². The lowest BCUT2D eigenvalue weighted by molar-refractivity contribution is -0.136. The van der Waals surface area contributed by atoms with Crippen LogP contribution in [0, 0.1) is 0 Å². The van der Waals surface area contributed by atoms with E-state index in [4.69, 9.17) is 0 Å². The van der Waals surface area contributed by atoms with Crippen LogP contribution in [-0.2, 0) is 16.0 Å². The van der Waals surface area contributed by atoms with Crippen molar-refractivity contribution in [2.75, 3.05) is 7.05 Å². The lowest BCUT2D eigenvalue weighted by Crippen LogP contribution is -2.53. The fourth-order valence-corrected chi connectivity index (χ4v) is 2.81. The first-order valence-electron chi connectivity index (χ1n) is 7.78. The molecule has 0 aromatic heterocycles. The minimum Gasteiger partial charge on any atom is -0.330 e. The average molecular weight is 328 g/mol. The molecule has 0 radical (unpaired) electrons. The smallest absolute Gasteiger partial charge is 0.255 e. The largest absolute Gasteiger partial charge is 0.330 e. The number of hydrogen-bond acceptors (Lipinski definition) is 4. The molecule has 1 aliphatic heterocycles. The maximum absolute atomic E-state index is 12.9. The van der Waals surface area contributed by atoms with Gasteiger partial charge in [0.25, 0.3) is 5.91 Å². The minimum atomic E-state index is -0.720. The third-order valence-corrected chi connectivity index (χ3v) is 4.14. The fraction of sp³-hybridized carbons (Fsp3) is 0.333. The van der Waals surface area contributed by atoms with Crippen molar-refractivity contribution >= 4 is 24.0 Å². The Balaban J connectivity index is 2.33. The highest BCUT2D eigenvalue weighted by molar-refractivity contribution is 6.06. The topological polar surface area (TPSA) is 83.6 Å². The molecule has 3 amide bonds. The Morgan fingerprint density at radius 1 is 1.42 bits per heavy atom. The number of carbonyl (C=O) groups is 4. The van der Waals surface area contributed by atoms with E-state index >= 15 is 0 Å². The summed E-state index contributed by atoms with van der Waals surface area (Å²) < 4.78 is 0. The molecule has 1 atom stereocenters. The van der Waals surface area contributed by atoms with Crippen LogP contribution in [0.2, 0.25) is 0 Å². The highest BCUT2D eigenvalue weighted by Gasteiger charge is 2.33. The van der Waals surface area contributed by atoms with E-state index in [0.717, 1.165) is 5.56 Å². The lowest BCUT2D eigenvalue weighted by Gasteiger charge is -2.30. The van der Waals surface area contributed by atoms with Gasteiger partial charge in [0, 0.05) is 19.0 Å². The first kappa shape index (κ1) is 17.6. The molecule has 1 aromatic carbocycles. The SMILES string of the molecule is C=CCCc1cccc(C=O)c1C(=O)N(C)C1CCC(=O)NC1=O. The number of nitrogens with one attached hydrogen (secondary N) is 1. The van der Waals surface area contributed by atoms with E-state index < -0.39 is 17.9 Å². The maximum atomic E-state index is 12.9. The van der Waals surface area contributed by atoms with Gasteiger partial charge in [-0.15, -0.1) is 6.58 Å². The number of carbonyl (C=O) groups excluding carboxylic acids is 4. The number of benzene rings is 1. The summed E-state index contributed by atoms with van der Waals surface area (Å²) in [5.74, 6) is -1.22. The molecule has 1 fully saturated rings. The lowest BCUT2D eigenvalue weighted by atomic mass is 9.95. The number of likely N-dealkylation sites (N-methyl/N-ethyl adjacent to an activating group) is 1. The second kappa shape index (κ2) is 7.68. The van der Waals surface area contributed by atoms with Gasteiger partial charge in [0.15, 0.2) is 6.29 Å². The van der Waals surface area contributed by atoms with Gasteiger partial charge >= 0.3 is 0 Å². The third kappa shape index (κ3) is 3.59. The summed E-state index contributed by atoms with van der Waals surface area (Å²) in [6, 6.07) is 4.38. The first-order valence-corrected chi connectivity index (χ1v) is 7.78. The monoisotopic (exact) mass is 328 g/mol. The molecule has 24 heavy (non-hydrogen) atoms. The van der Waals surface area contributed by atoms with Crippen LogP contribution in [-0.4, -0.2) is 42.0 Å². The van der Waals surface area contributed by atoms with E-state index in [9.17, 15) is 19.2 Å². The Bertz CT molecular complexity index is 696. The van der Waals surface area contributed by atoms with Crippen LogP contribution in [0.4, 0.5) is 0 Å². The zero-order valence-corrected chi connectivity index (χ0v) is 13.6. The summed E-state index contributed by atoms with van der Waals surface area (Å²) >= 11 is 0. The molecule has 0 spiro atoms. The van der Waals surface area contributed by atoms with Crippen molar-refractivity contribution in [3.63, 3.8) is 0 Å². The van der Waals surface area contributed by atoms with Crippen molar-refractivity contribution in [2.45, 2.75) is 31.7 Å². The highest BCUT2D eigenvalue weighted by atomic mass is 16.2. The van der Waals surface area contributed by atoms with E-state index in [0.29, 0.717) is 30.3 Å². The van der Waals surface area contributed by atoms with Crippen LogP contribution in [0.1, 0.15) is 45.5 Å². The molecule has 1 heterocycles. The number of piperidine rings is 1. The molecule has 1 N–H and O–H groups in total. The number of hydrogen-bond donors (Lipinski definition) is 1. The van der Waals surface area contributed by atoms with Gasteiger partial charge in [0.2, 0.25) is 11.8 Å². The van der Waals surface area contributed by atoms with Crippen molar-refractivity contribution in [3.8, 4) is 0 Å². The summed E-state index contributed by atoms with van der Waals surface area (Å²) in [5, 5.41) is 2.24. The third-order valence-electron chi connectivity index (χ3n) is 4.14. The van der Waals surface area contributed by atoms with Crippen LogP contribution in [0.15, 0.2) is 30.9 Å². The van der Waals surface area contributed by atoms with Crippen molar-refractivity contribution in [2.24, 2.45) is 0 Å². The summed E-state index contributed by atoms with van der Waals surface area (Å²) in [6.45, 7) is 3.67. The molecule has 1 aromatic rings. The predicted octanol–water partition coefficient (Wildman–Crippen LogP) is 1.49. The zero-order valence-electron chi connectivity index (χ0n) is 13.6. The van der Waals surface area contributed by atoms with Gasteiger partial charge in [-0.2, -0.15) is 0 Å². The van der Waals surface area contributed by atoms with E-state index in [1.807, 2.05) is 0 Å². The van der Waals surface area contributed by atoms with Gasteiger partial charge in [0.05, 0.1) is 5.56 Å². The number of rotatable bonds is 6. The zero-order chi connectivity index (χ0) is 17.7. The van der Waals surface area contributed by atoms with Crippen molar-refractivity contribution in [1.29, 1.82) is 0 Å². The van der Waals surface area contributed by atoms with Crippen molar-refractivity contribution in [3.05, 3.63) is 47.5 Å². The number of allylic oxidation sites excluding steroid dienone is 1. The second-order valence-electron chi connectivity index (χ2n) is 5.71. The fourth-order valence-electron chi connectivity index (χ4n) is 2.81. The first-order chi connectivity index (χ1) is 11.5. The molecule has 0 saturated carbocycles. The summed E-state index contributed by atoms with van der Waals surface area (Å²) in [6.07, 6.45) is 4.10. The molecule has 6 heteroatoms. The van der Waals surface area contributed by atoms with Crippen LogP contribution in [0.5, 0.6) is 0 Å². The van der Waals surface area contributed by atoms with E-state index in [2.05, 4.69) is 11.9 Å². The van der Waals surface area contributed by atoms with Crippen LogP contribution >= 0.6 is 0 Å². The normalized spacial score (nSPS) is 17.1. The number of imide groups is 1. The molecule has 1 aliphatic rings. The molecular weight excluding hydrogens is 308 g/mol.